The molecular formula is C7H8ClNO2. The van der Waals surface area contributed by atoms with Gasteiger partial charge in [0.2, 0.25) is 6.79 Å². The van der Waals surface area contributed by atoms with Crippen LogP contribution in [0.3, 0.4) is 0 Å². The van der Waals surface area contributed by atoms with Crippen molar-refractivity contribution in [3.63, 3.8) is 0 Å². The average molecular weight is 174 g/mol. The first kappa shape index (κ1) is 8.33. The van der Waals surface area contributed by atoms with Crippen molar-refractivity contribution in [2.24, 2.45) is 5.90 Å². The van der Waals surface area contributed by atoms with Crippen LogP contribution in [-0.4, -0.2) is 6.79 Å². The Balaban J connectivity index is 2.52. The molecule has 2 N–H and O–H groups in total. The lowest BCUT2D eigenvalue weighted by atomic mass is 10.3. The van der Waals surface area contributed by atoms with E-state index >= 15 is 0 Å². The Bertz CT molecular complexity index is 212. The topological polar surface area (TPSA) is 44.5 Å². The molecule has 0 spiro atoms. The molecule has 60 valence electrons. The maximum absolute atomic E-state index is 5.63. The summed E-state index contributed by atoms with van der Waals surface area (Å²) < 4.78 is 5.00. The molecule has 0 saturated carbocycles. The van der Waals surface area contributed by atoms with Gasteiger partial charge in [-0.3, -0.25) is 4.84 Å². The van der Waals surface area contributed by atoms with Gasteiger partial charge in [-0.05, 0) is 24.3 Å². The number of rotatable bonds is 3. The lowest BCUT2D eigenvalue weighted by Gasteiger charge is -2.02. The van der Waals surface area contributed by atoms with E-state index in [0.29, 0.717) is 10.8 Å². The summed E-state index contributed by atoms with van der Waals surface area (Å²) in [5, 5.41) is 0.672. The van der Waals surface area contributed by atoms with E-state index in [-0.39, 0.29) is 6.79 Å². The van der Waals surface area contributed by atoms with Gasteiger partial charge in [-0.15, -0.1) is 0 Å². The van der Waals surface area contributed by atoms with Gasteiger partial charge in [0.15, 0.2) is 0 Å². The average Bonchev–Trinajstić information content (AvgIpc) is 2.04. The maximum Gasteiger partial charge on any atom is 0.207 e. The normalized spacial score (nSPS) is 9.64. The van der Waals surface area contributed by atoms with Crippen LogP contribution in [0.4, 0.5) is 0 Å². The first-order valence-corrected chi connectivity index (χ1v) is 3.41. The fourth-order valence-electron chi connectivity index (χ4n) is 0.633. The quantitative estimate of drug-likeness (QED) is 0.558. The van der Waals surface area contributed by atoms with Gasteiger partial charge in [-0.1, -0.05) is 11.6 Å². The lowest BCUT2D eigenvalue weighted by molar-refractivity contribution is 0.0145. The van der Waals surface area contributed by atoms with E-state index in [1.165, 1.54) is 0 Å². The molecule has 0 saturated heterocycles. The van der Waals surface area contributed by atoms with E-state index in [0.717, 1.165) is 0 Å². The Labute approximate surface area is 69.6 Å². The molecule has 0 amide bonds. The Morgan fingerprint density at radius 2 is 1.91 bits per heavy atom. The predicted octanol–water partition coefficient (Wildman–Crippen LogP) is 1.57. The third kappa shape index (κ3) is 2.76. The van der Waals surface area contributed by atoms with Gasteiger partial charge < -0.3 is 4.74 Å². The van der Waals surface area contributed by atoms with Crippen LogP contribution in [0.1, 0.15) is 0 Å². The van der Waals surface area contributed by atoms with E-state index in [4.69, 9.17) is 22.2 Å². The molecule has 3 nitrogen and oxygen atoms in total. The Hall–Kier alpha value is -0.770. The van der Waals surface area contributed by atoms with Gasteiger partial charge in [0.05, 0.1) is 0 Å². The molecule has 0 heterocycles. The fraction of sp³-hybridized carbons (Fsp3) is 0.143. The summed E-state index contributed by atoms with van der Waals surface area (Å²) in [7, 11) is 0. The van der Waals surface area contributed by atoms with Gasteiger partial charge in [-0.2, -0.15) is 0 Å². The van der Waals surface area contributed by atoms with Gasteiger partial charge in [0.25, 0.3) is 0 Å². The van der Waals surface area contributed by atoms with E-state index in [2.05, 4.69) is 4.84 Å². The number of benzene rings is 1. The number of hydrogen-bond acceptors (Lipinski definition) is 3. The summed E-state index contributed by atoms with van der Waals surface area (Å²) in [5.74, 6) is 5.44. The van der Waals surface area contributed by atoms with Crippen molar-refractivity contribution in [3.05, 3.63) is 29.3 Å². The van der Waals surface area contributed by atoms with Crippen molar-refractivity contribution < 1.29 is 9.57 Å². The highest BCUT2D eigenvalue weighted by atomic mass is 35.5. The standard InChI is InChI=1S/C7H8ClNO2/c8-6-1-3-7(4-2-6)10-5-11-9/h1-4H,5,9H2. The van der Waals surface area contributed by atoms with E-state index < -0.39 is 0 Å². The Morgan fingerprint density at radius 3 is 2.45 bits per heavy atom. The second-order valence-corrected chi connectivity index (χ2v) is 2.32. The molecule has 0 aromatic heterocycles. The SMILES string of the molecule is NOCOc1ccc(Cl)cc1. The fourth-order valence-corrected chi connectivity index (χ4v) is 0.759. The number of nitrogens with two attached hydrogens (primary N) is 1. The Morgan fingerprint density at radius 1 is 1.27 bits per heavy atom. The summed E-state index contributed by atoms with van der Waals surface area (Å²) >= 11 is 5.63. The molecule has 1 rings (SSSR count). The molecule has 1 aromatic carbocycles. The second-order valence-electron chi connectivity index (χ2n) is 1.88. The molecule has 0 aliphatic carbocycles. The lowest BCUT2D eigenvalue weighted by Crippen LogP contribution is -2.06. The van der Waals surface area contributed by atoms with Gasteiger partial charge >= 0.3 is 0 Å². The van der Waals surface area contributed by atoms with Crippen molar-refractivity contribution in [1.82, 2.24) is 0 Å². The highest BCUT2D eigenvalue weighted by Crippen LogP contribution is 2.14. The van der Waals surface area contributed by atoms with Crippen molar-refractivity contribution in [2.75, 3.05) is 6.79 Å². The van der Waals surface area contributed by atoms with Crippen molar-refractivity contribution in [3.8, 4) is 5.75 Å². The molecule has 1 aromatic rings. The molecule has 11 heavy (non-hydrogen) atoms. The van der Waals surface area contributed by atoms with Crippen molar-refractivity contribution in [1.29, 1.82) is 0 Å². The first-order valence-electron chi connectivity index (χ1n) is 3.03. The molecule has 0 aliphatic heterocycles. The van der Waals surface area contributed by atoms with Gasteiger partial charge in [-0.25, -0.2) is 5.90 Å². The maximum atomic E-state index is 5.63. The molecule has 0 atom stereocenters. The molecule has 4 heteroatoms. The van der Waals surface area contributed by atoms with E-state index in [9.17, 15) is 0 Å². The Kier molecular flexibility index (Phi) is 3.16. The van der Waals surface area contributed by atoms with Crippen LogP contribution in [0.2, 0.25) is 5.02 Å². The summed E-state index contributed by atoms with van der Waals surface area (Å²) in [6.45, 7) is 0.0433. The van der Waals surface area contributed by atoms with Crippen LogP contribution in [0.25, 0.3) is 0 Å². The summed E-state index contributed by atoms with van der Waals surface area (Å²) in [6.07, 6.45) is 0. The number of ether oxygens (including phenoxy) is 1. The summed E-state index contributed by atoms with van der Waals surface area (Å²) in [4.78, 5) is 4.22. The van der Waals surface area contributed by atoms with Gasteiger partial charge in [0.1, 0.15) is 5.75 Å². The van der Waals surface area contributed by atoms with Crippen LogP contribution >= 0.6 is 11.6 Å². The molecule has 0 aliphatic rings. The summed E-state index contributed by atoms with van der Waals surface area (Å²) in [5.41, 5.74) is 0. The van der Waals surface area contributed by atoms with Crippen LogP contribution < -0.4 is 10.6 Å². The van der Waals surface area contributed by atoms with E-state index in [1.807, 2.05) is 0 Å². The van der Waals surface area contributed by atoms with Crippen LogP contribution in [0.5, 0.6) is 5.75 Å². The third-order valence-corrected chi connectivity index (χ3v) is 1.36. The zero-order valence-corrected chi connectivity index (χ0v) is 6.54. The molecular weight excluding hydrogens is 166 g/mol. The zero-order chi connectivity index (χ0) is 8.10. The smallest absolute Gasteiger partial charge is 0.207 e. The van der Waals surface area contributed by atoms with Crippen LogP contribution in [0, 0.1) is 0 Å². The highest BCUT2D eigenvalue weighted by molar-refractivity contribution is 6.30. The van der Waals surface area contributed by atoms with Crippen LogP contribution in [0.15, 0.2) is 24.3 Å². The first-order chi connectivity index (χ1) is 5.33. The summed E-state index contributed by atoms with van der Waals surface area (Å²) in [6, 6.07) is 6.93. The largest absolute Gasteiger partial charge is 0.466 e. The molecule has 0 fully saturated rings. The monoisotopic (exact) mass is 173 g/mol. The highest BCUT2D eigenvalue weighted by Gasteiger charge is 1.91. The van der Waals surface area contributed by atoms with Crippen LogP contribution in [-0.2, 0) is 4.84 Å². The van der Waals surface area contributed by atoms with Gasteiger partial charge in [0, 0.05) is 5.02 Å². The zero-order valence-electron chi connectivity index (χ0n) is 5.79. The molecule has 0 unspecified atom stereocenters. The molecule has 0 bridgehead atoms. The minimum Gasteiger partial charge on any atom is -0.466 e. The number of hydrogen-bond donors (Lipinski definition) is 1. The van der Waals surface area contributed by atoms with E-state index in [1.54, 1.807) is 24.3 Å². The van der Waals surface area contributed by atoms with Crippen molar-refractivity contribution in [2.45, 2.75) is 0 Å². The van der Waals surface area contributed by atoms with Crippen molar-refractivity contribution >= 4 is 11.6 Å². The minimum absolute atomic E-state index is 0.0433. The number of halogens is 1. The minimum atomic E-state index is 0.0433. The molecule has 0 radical (unpaired) electrons. The second kappa shape index (κ2) is 4.18. The predicted molar refractivity (Wildman–Crippen MR) is 42.2 cm³/mol. The third-order valence-electron chi connectivity index (χ3n) is 1.11.